The summed E-state index contributed by atoms with van der Waals surface area (Å²) in [4.78, 5) is 45.6. The standard InChI is InChI=1S/C14H14O8/c1-3-8-10(12(18)19)7(11(16)17)5-6-14(8,13(20)21)22-9(15)4-2/h4-6,8H,2-3H2,1H3,(H,16,17)(H,18,19)(H,20,21). The molecule has 0 spiro atoms. The number of rotatable bonds is 6. The number of carboxylic acid groups (broad SMARTS) is 3. The zero-order valence-corrected chi connectivity index (χ0v) is 11.6. The highest BCUT2D eigenvalue weighted by Crippen LogP contribution is 2.39. The lowest BCUT2D eigenvalue weighted by Gasteiger charge is -2.36. The molecular formula is C14H14O8. The molecule has 0 heterocycles. The van der Waals surface area contributed by atoms with Gasteiger partial charge in [-0.1, -0.05) is 13.5 Å². The first-order valence-electron chi connectivity index (χ1n) is 6.20. The van der Waals surface area contributed by atoms with Crippen LogP contribution in [0.3, 0.4) is 0 Å². The van der Waals surface area contributed by atoms with Crippen molar-refractivity contribution in [1.82, 2.24) is 0 Å². The summed E-state index contributed by atoms with van der Waals surface area (Å²) >= 11 is 0. The molecule has 3 N–H and O–H groups in total. The van der Waals surface area contributed by atoms with E-state index in [4.69, 9.17) is 9.84 Å². The molecule has 8 nitrogen and oxygen atoms in total. The lowest BCUT2D eigenvalue weighted by atomic mass is 9.74. The molecule has 0 aromatic rings. The molecule has 2 unspecified atom stereocenters. The van der Waals surface area contributed by atoms with Gasteiger partial charge in [0, 0.05) is 12.0 Å². The Kier molecular flexibility index (Phi) is 4.87. The Morgan fingerprint density at radius 3 is 2.23 bits per heavy atom. The first-order chi connectivity index (χ1) is 10.2. The molecular weight excluding hydrogens is 296 g/mol. The van der Waals surface area contributed by atoms with Crippen molar-refractivity contribution in [2.24, 2.45) is 5.92 Å². The number of carboxylic acids is 3. The average Bonchev–Trinajstić information content (AvgIpc) is 2.45. The second-order valence-corrected chi connectivity index (χ2v) is 4.46. The van der Waals surface area contributed by atoms with Crippen LogP contribution < -0.4 is 0 Å². The van der Waals surface area contributed by atoms with Gasteiger partial charge in [0.25, 0.3) is 0 Å². The Morgan fingerprint density at radius 2 is 1.86 bits per heavy atom. The normalized spacial score (nSPS) is 23.8. The smallest absolute Gasteiger partial charge is 0.353 e. The van der Waals surface area contributed by atoms with Crippen LogP contribution in [-0.4, -0.2) is 44.8 Å². The van der Waals surface area contributed by atoms with Crippen LogP contribution in [0.15, 0.2) is 36.0 Å². The summed E-state index contributed by atoms with van der Waals surface area (Å²) in [6.45, 7) is 4.61. The molecule has 0 aliphatic heterocycles. The Bertz CT molecular complexity index is 612. The van der Waals surface area contributed by atoms with Crippen LogP contribution in [0.2, 0.25) is 0 Å². The van der Waals surface area contributed by atoms with Crippen molar-refractivity contribution in [3.05, 3.63) is 36.0 Å². The maximum absolute atomic E-state index is 11.6. The van der Waals surface area contributed by atoms with Crippen molar-refractivity contribution in [2.75, 3.05) is 0 Å². The summed E-state index contributed by atoms with van der Waals surface area (Å²) in [5.74, 6) is -7.12. The van der Waals surface area contributed by atoms with Gasteiger partial charge < -0.3 is 20.1 Å². The topological polar surface area (TPSA) is 138 Å². The largest absolute Gasteiger partial charge is 0.478 e. The third-order valence-corrected chi connectivity index (χ3v) is 3.29. The van der Waals surface area contributed by atoms with Crippen LogP contribution in [0.5, 0.6) is 0 Å². The van der Waals surface area contributed by atoms with Gasteiger partial charge in [0.05, 0.1) is 11.1 Å². The number of esters is 1. The van der Waals surface area contributed by atoms with Crippen molar-refractivity contribution in [3.63, 3.8) is 0 Å². The molecule has 0 radical (unpaired) electrons. The van der Waals surface area contributed by atoms with Gasteiger partial charge in [0.2, 0.25) is 5.60 Å². The molecule has 0 aromatic carbocycles. The van der Waals surface area contributed by atoms with E-state index in [1.807, 2.05) is 0 Å². The van der Waals surface area contributed by atoms with Crippen LogP contribution >= 0.6 is 0 Å². The predicted molar refractivity (Wildman–Crippen MR) is 71.9 cm³/mol. The van der Waals surface area contributed by atoms with Crippen LogP contribution in [0, 0.1) is 5.92 Å². The molecule has 1 rings (SSSR count). The van der Waals surface area contributed by atoms with E-state index in [1.54, 1.807) is 0 Å². The third-order valence-electron chi connectivity index (χ3n) is 3.29. The molecule has 0 fully saturated rings. The minimum atomic E-state index is -2.30. The van der Waals surface area contributed by atoms with Crippen LogP contribution in [0.4, 0.5) is 0 Å². The van der Waals surface area contributed by atoms with Crippen LogP contribution in [0.1, 0.15) is 13.3 Å². The minimum Gasteiger partial charge on any atom is -0.478 e. The van der Waals surface area contributed by atoms with E-state index in [1.165, 1.54) is 6.92 Å². The molecule has 1 aliphatic carbocycles. The van der Waals surface area contributed by atoms with Gasteiger partial charge in [0.1, 0.15) is 0 Å². The molecule has 22 heavy (non-hydrogen) atoms. The molecule has 118 valence electrons. The van der Waals surface area contributed by atoms with Crippen LogP contribution in [0.25, 0.3) is 0 Å². The van der Waals surface area contributed by atoms with Gasteiger partial charge in [0.15, 0.2) is 0 Å². The van der Waals surface area contributed by atoms with Gasteiger partial charge in [-0.05, 0) is 18.6 Å². The molecule has 1 aliphatic rings. The number of carbonyl (C=O) groups is 4. The SMILES string of the molecule is C=CC(=O)OC1(C(=O)O)C=CC(C(=O)O)=C(C(=O)O)C1CC. The fourth-order valence-electron chi connectivity index (χ4n) is 2.35. The number of hydrogen-bond donors (Lipinski definition) is 3. The lowest BCUT2D eigenvalue weighted by molar-refractivity contribution is -0.175. The van der Waals surface area contributed by atoms with E-state index < -0.39 is 46.5 Å². The molecule has 0 saturated heterocycles. The highest BCUT2D eigenvalue weighted by molar-refractivity contribution is 6.04. The van der Waals surface area contributed by atoms with E-state index in [2.05, 4.69) is 6.58 Å². The van der Waals surface area contributed by atoms with E-state index in [0.29, 0.717) is 0 Å². The zero-order valence-electron chi connectivity index (χ0n) is 11.6. The number of ether oxygens (including phenoxy) is 1. The van der Waals surface area contributed by atoms with Gasteiger partial charge >= 0.3 is 23.9 Å². The van der Waals surface area contributed by atoms with Crippen molar-refractivity contribution in [1.29, 1.82) is 0 Å². The minimum absolute atomic E-state index is 0.0700. The average molecular weight is 310 g/mol. The van der Waals surface area contributed by atoms with Gasteiger partial charge in [-0.2, -0.15) is 0 Å². The zero-order chi connectivity index (χ0) is 17.1. The van der Waals surface area contributed by atoms with Gasteiger partial charge in [-0.15, -0.1) is 0 Å². The lowest BCUT2D eigenvalue weighted by Crippen LogP contribution is -2.51. The van der Waals surface area contributed by atoms with Crippen molar-refractivity contribution in [3.8, 4) is 0 Å². The maximum Gasteiger partial charge on any atom is 0.353 e. The summed E-state index contributed by atoms with van der Waals surface area (Å²) in [5.41, 5.74) is -3.48. The summed E-state index contributed by atoms with van der Waals surface area (Å²) in [6, 6.07) is 0. The number of carbonyl (C=O) groups excluding carboxylic acids is 1. The van der Waals surface area contributed by atoms with Crippen molar-refractivity contribution in [2.45, 2.75) is 18.9 Å². The first-order valence-corrected chi connectivity index (χ1v) is 6.20. The Morgan fingerprint density at radius 1 is 1.27 bits per heavy atom. The highest BCUT2D eigenvalue weighted by Gasteiger charge is 2.52. The molecule has 2 atom stereocenters. The maximum atomic E-state index is 11.6. The number of aliphatic carboxylic acids is 3. The van der Waals surface area contributed by atoms with Gasteiger partial charge in [-0.3, -0.25) is 0 Å². The fraction of sp³-hybridized carbons (Fsp3) is 0.286. The quantitative estimate of drug-likeness (QED) is 0.479. The Hall–Kier alpha value is -2.90. The first kappa shape index (κ1) is 17.2. The van der Waals surface area contributed by atoms with E-state index in [-0.39, 0.29) is 6.42 Å². The molecule has 0 aromatic heterocycles. The molecule has 0 bridgehead atoms. The molecule has 0 amide bonds. The summed E-state index contributed by atoms with van der Waals surface area (Å²) < 4.78 is 4.87. The second-order valence-electron chi connectivity index (χ2n) is 4.46. The third kappa shape index (κ3) is 2.76. The van der Waals surface area contributed by atoms with E-state index >= 15 is 0 Å². The van der Waals surface area contributed by atoms with Crippen molar-refractivity contribution >= 4 is 23.9 Å². The van der Waals surface area contributed by atoms with E-state index in [0.717, 1.165) is 18.2 Å². The second kappa shape index (κ2) is 6.25. The predicted octanol–water partition coefficient (Wildman–Crippen LogP) is 0.601. The summed E-state index contributed by atoms with van der Waals surface area (Å²) in [6.07, 6.45) is 2.37. The molecule has 8 heteroatoms. The monoisotopic (exact) mass is 310 g/mol. The number of hydrogen-bond acceptors (Lipinski definition) is 5. The summed E-state index contributed by atoms with van der Waals surface area (Å²) in [7, 11) is 0. The van der Waals surface area contributed by atoms with Crippen molar-refractivity contribution < 1.29 is 39.2 Å². The Labute approximate surface area is 125 Å². The molecule has 0 saturated carbocycles. The fourth-order valence-corrected chi connectivity index (χ4v) is 2.35. The van der Waals surface area contributed by atoms with Crippen LogP contribution in [-0.2, 0) is 23.9 Å². The summed E-state index contributed by atoms with van der Waals surface area (Å²) in [5, 5.41) is 27.8. The van der Waals surface area contributed by atoms with Gasteiger partial charge in [-0.25, -0.2) is 19.2 Å². The Balaban J connectivity index is 3.58. The highest BCUT2D eigenvalue weighted by atomic mass is 16.6. The van der Waals surface area contributed by atoms with E-state index in [9.17, 15) is 29.4 Å².